The molecule has 0 aliphatic carbocycles. The molecule has 0 saturated heterocycles. The predicted molar refractivity (Wildman–Crippen MR) is 59.6 cm³/mol. The number of allylic oxidation sites excluding steroid dienone is 1. The molecule has 0 bridgehead atoms. The monoisotopic (exact) mass is 249 g/mol. The van der Waals surface area contributed by atoms with Gasteiger partial charge in [-0.05, 0) is 18.2 Å². The Kier molecular flexibility index (Phi) is 4.26. The van der Waals surface area contributed by atoms with Gasteiger partial charge in [0.1, 0.15) is 10.2 Å². The van der Waals surface area contributed by atoms with Crippen LogP contribution in [0.15, 0.2) is 40.0 Å². The normalized spacial score (nSPS) is 11.2. The van der Waals surface area contributed by atoms with E-state index in [2.05, 4.69) is 5.16 Å². The number of benzene rings is 1. The molecule has 1 N–H and O–H groups in total. The van der Waals surface area contributed by atoms with E-state index in [0.29, 0.717) is 10.6 Å². The maximum absolute atomic E-state index is 8.69. The third-order valence-electron chi connectivity index (χ3n) is 1.49. The lowest BCUT2D eigenvalue weighted by atomic mass is 10.1. The van der Waals surface area contributed by atoms with Gasteiger partial charge in [0.05, 0.1) is 0 Å². The molecular weight excluding hydrogens is 244 g/mol. The molecule has 1 aromatic carbocycles. The van der Waals surface area contributed by atoms with Crippen LogP contribution in [0.3, 0.4) is 0 Å². The lowest BCUT2D eigenvalue weighted by Gasteiger charge is -1.98. The van der Waals surface area contributed by atoms with Crippen molar-refractivity contribution in [2.45, 2.75) is 0 Å². The summed E-state index contributed by atoms with van der Waals surface area (Å²) in [5, 5.41) is 12.4. The standard InChI is InChI=1S/C9H6Cl3NO/c10-7-3-1-6(2-4-7)8(13-14)5-9(11)12/h1-5,14H. The highest BCUT2D eigenvalue weighted by atomic mass is 35.5. The summed E-state index contributed by atoms with van der Waals surface area (Å²) in [6, 6.07) is 6.76. The molecule has 14 heavy (non-hydrogen) atoms. The van der Waals surface area contributed by atoms with Gasteiger partial charge in [0.2, 0.25) is 0 Å². The fourth-order valence-electron chi connectivity index (χ4n) is 0.894. The van der Waals surface area contributed by atoms with Gasteiger partial charge < -0.3 is 5.21 Å². The van der Waals surface area contributed by atoms with Crippen LogP contribution in [-0.2, 0) is 0 Å². The van der Waals surface area contributed by atoms with Crippen molar-refractivity contribution in [2.24, 2.45) is 5.16 Å². The summed E-state index contributed by atoms with van der Waals surface area (Å²) in [6.45, 7) is 0. The molecule has 2 nitrogen and oxygen atoms in total. The molecular formula is C9H6Cl3NO. The Morgan fingerprint density at radius 1 is 1.21 bits per heavy atom. The van der Waals surface area contributed by atoms with Gasteiger partial charge in [-0.1, -0.05) is 52.1 Å². The van der Waals surface area contributed by atoms with E-state index in [4.69, 9.17) is 40.0 Å². The smallest absolute Gasteiger partial charge is 0.112 e. The molecule has 0 aliphatic rings. The fraction of sp³-hybridized carbons (Fsp3) is 0. The SMILES string of the molecule is ON=C(C=C(Cl)Cl)c1ccc(Cl)cc1. The highest BCUT2D eigenvalue weighted by Crippen LogP contribution is 2.14. The lowest BCUT2D eigenvalue weighted by molar-refractivity contribution is 0.320. The quantitative estimate of drug-likeness (QED) is 0.483. The molecule has 0 radical (unpaired) electrons. The van der Waals surface area contributed by atoms with Crippen molar-refractivity contribution in [3.8, 4) is 0 Å². The average molecular weight is 251 g/mol. The van der Waals surface area contributed by atoms with E-state index in [1.54, 1.807) is 24.3 Å². The van der Waals surface area contributed by atoms with Crippen LogP contribution in [0.25, 0.3) is 0 Å². The van der Waals surface area contributed by atoms with Gasteiger partial charge in [-0.3, -0.25) is 0 Å². The number of oxime groups is 1. The molecule has 0 spiro atoms. The van der Waals surface area contributed by atoms with E-state index in [1.165, 1.54) is 6.08 Å². The Hall–Kier alpha value is -0.700. The van der Waals surface area contributed by atoms with E-state index in [9.17, 15) is 0 Å². The predicted octanol–water partition coefficient (Wildman–Crippen LogP) is 3.84. The zero-order valence-corrected chi connectivity index (χ0v) is 9.18. The second-order valence-corrected chi connectivity index (χ2v) is 3.87. The van der Waals surface area contributed by atoms with Crippen LogP contribution >= 0.6 is 34.8 Å². The van der Waals surface area contributed by atoms with Gasteiger partial charge >= 0.3 is 0 Å². The van der Waals surface area contributed by atoms with Gasteiger partial charge in [0, 0.05) is 10.6 Å². The van der Waals surface area contributed by atoms with Gasteiger partial charge in [-0.15, -0.1) is 0 Å². The Morgan fingerprint density at radius 3 is 2.21 bits per heavy atom. The number of hydrogen-bond donors (Lipinski definition) is 1. The van der Waals surface area contributed by atoms with Crippen LogP contribution in [0.5, 0.6) is 0 Å². The topological polar surface area (TPSA) is 32.6 Å². The van der Waals surface area contributed by atoms with Crippen molar-refractivity contribution in [1.82, 2.24) is 0 Å². The second-order valence-electron chi connectivity index (χ2n) is 2.43. The van der Waals surface area contributed by atoms with Crippen LogP contribution < -0.4 is 0 Å². The van der Waals surface area contributed by atoms with Crippen LogP contribution in [0.1, 0.15) is 5.56 Å². The van der Waals surface area contributed by atoms with E-state index < -0.39 is 0 Å². The summed E-state index contributed by atoms with van der Waals surface area (Å²) in [5.74, 6) is 0. The molecule has 0 fully saturated rings. The largest absolute Gasteiger partial charge is 0.410 e. The maximum Gasteiger partial charge on any atom is 0.112 e. The van der Waals surface area contributed by atoms with E-state index in [-0.39, 0.29) is 10.2 Å². The van der Waals surface area contributed by atoms with Crippen LogP contribution in [0, 0.1) is 0 Å². The summed E-state index contributed by atoms with van der Waals surface area (Å²) in [5.41, 5.74) is 0.956. The number of rotatable bonds is 2. The molecule has 74 valence electrons. The first-order chi connectivity index (χ1) is 6.63. The number of halogens is 3. The lowest BCUT2D eigenvalue weighted by Crippen LogP contribution is -1.96. The summed E-state index contributed by atoms with van der Waals surface area (Å²) >= 11 is 16.6. The van der Waals surface area contributed by atoms with Crippen LogP contribution in [0.2, 0.25) is 5.02 Å². The zero-order chi connectivity index (χ0) is 10.6. The van der Waals surface area contributed by atoms with E-state index in [1.807, 2.05) is 0 Å². The minimum atomic E-state index is 0.0211. The highest BCUT2D eigenvalue weighted by Gasteiger charge is 2.01. The highest BCUT2D eigenvalue weighted by molar-refractivity contribution is 6.57. The maximum atomic E-state index is 8.69. The van der Waals surface area contributed by atoms with Gasteiger partial charge in [0.15, 0.2) is 0 Å². The van der Waals surface area contributed by atoms with Crippen LogP contribution in [0.4, 0.5) is 0 Å². The van der Waals surface area contributed by atoms with Crippen LogP contribution in [-0.4, -0.2) is 10.9 Å². The van der Waals surface area contributed by atoms with Crippen molar-refractivity contribution in [3.05, 3.63) is 45.4 Å². The second kappa shape index (κ2) is 5.25. The van der Waals surface area contributed by atoms with E-state index in [0.717, 1.165) is 0 Å². The van der Waals surface area contributed by atoms with E-state index >= 15 is 0 Å². The first-order valence-electron chi connectivity index (χ1n) is 3.64. The fourth-order valence-corrected chi connectivity index (χ4v) is 1.23. The Bertz CT molecular complexity index is 366. The van der Waals surface area contributed by atoms with Crippen molar-refractivity contribution < 1.29 is 5.21 Å². The third-order valence-corrected chi connectivity index (χ3v) is 1.96. The molecule has 0 heterocycles. The molecule has 0 saturated carbocycles. The van der Waals surface area contributed by atoms with Gasteiger partial charge in [0.25, 0.3) is 0 Å². The minimum Gasteiger partial charge on any atom is -0.410 e. The summed E-state index contributed by atoms with van der Waals surface area (Å²) in [6.07, 6.45) is 1.34. The van der Waals surface area contributed by atoms with Gasteiger partial charge in [-0.25, -0.2) is 0 Å². The van der Waals surface area contributed by atoms with Gasteiger partial charge in [-0.2, -0.15) is 0 Å². The Balaban J connectivity index is 3.03. The molecule has 0 unspecified atom stereocenters. The van der Waals surface area contributed by atoms with Crippen molar-refractivity contribution in [2.75, 3.05) is 0 Å². The summed E-state index contributed by atoms with van der Waals surface area (Å²) in [7, 11) is 0. The number of hydrogen-bond acceptors (Lipinski definition) is 2. The summed E-state index contributed by atoms with van der Waals surface area (Å²) in [4.78, 5) is 0. The minimum absolute atomic E-state index is 0.0211. The molecule has 1 aromatic rings. The summed E-state index contributed by atoms with van der Waals surface area (Å²) < 4.78 is 0.0211. The molecule has 1 rings (SSSR count). The van der Waals surface area contributed by atoms with Crippen molar-refractivity contribution in [1.29, 1.82) is 0 Å². The first kappa shape index (κ1) is 11.4. The number of nitrogens with zero attached hydrogens (tertiary/aromatic N) is 1. The molecule has 0 atom stereocenters. The Labute approximate surface area is 96.4 Å². The van der Waals surface area contributed by atoms with Crippen molar-refractivity contribution >= 4 is 40.5 Å². The zero-order valence-electron chi connectivity index (χ0n) is 6.92. The molecule has 0 amide bonds. The average Bonchev–Trinajstić information content (AvgIpc) is 2.15. The molecule has 0 aromatic heterocycles. The Morgan fingerprint density at radius 2 is 1.79 bits per heavy atom. The van der Waals surface area contributed by atoms with Crippen molar-refractivity contribution in [3.63, 3.8) is 0 Å². The third kappa shape index (κ3) is 3.22. The molecule has 5 heteroatoms. The first-order valence-corrected chi connectivity index (χ1v) is 4.77. The molecule has 0 aliphatic heterocycles.